The zero-order chi connectivity index (χ0) is 14.4. The van der Waals surface area contributed by atoms with Gasteiger partial charge in [0.05, 0.1) is 0 Å². The number of aryl methyl sites for hydroxylation is 1. The summed E-state index contributed by atoms with van der Waals surface area (Å²) >= 11 is 6.10. The highest BCUT2D eigenvalue weighted by molar-refractivity contribution is 6.31. The Morgan fingerprint density at radius 3 is 2.75 bits per heavy atom. The number of hydrogen-bond acceptors (Lipinski definition) is 4. The fourth-order valence-corrected chi connectivity index (χ4v) is 1.97. The molecule has 0 fully saturated rings. The van der Waals surface area contributed by atoms with Crippen molar-refractivity contribution < 1.29 is 4.74 Å². The third kappa shape index (κ3) is 3.84. The second-order valence-corrected chi connectivity index (χ2v) is 4.79. The lowest BCUT2D eigenvalue weighted by atomic mass is 10.2. The molecule has 106 valence electrons. The highest BCUT2D eigenvalue weighted by Crippen LogP contribution is 2.19. The van der Waals surface area contributed by atoms with Crippen molar-refractivity contribution in [1.82, 2.24) is 9.97 Å². The van der Waals surface area contributed by atoms with Crippen LogP contribution in [-0.2, 0) is 13.0 Å². The highest BCUT2D eigenvalue weighted by atomic mass is 35.5. The number of anilines is 1. The Morgan fingerprint density at radius 1 is 1.25 bits per heavy atom. The minimum atomic E-state index is 0.394. The third-order valence-corrected chi connectivity index (χ3v) is 3.18. The van der Waals surface area contributed by atoms with E-state index in [-0.39, 0.29) is 0 Å². The number of halogens is 1. The highest BCUT2D eigenvalue weighted by Gasteiger charge is 2.06. The number of benzene rings is 1. The van der Waals surface area contributed by atoms with Crippen LogP contribution in [0, 0.1) is 0 Å². The Morgan fingerprint density at radius 2 is 2.05 bits per heavy atom. The van der Waals surface area contributed by atoms with Gasteiger partial charge in [0.1, 0.15) is 18.2 Å². The smallest absolute Gasteiger partial charge is 0.219 e. The molecule has 0 aliphatic rings. The van der Waals surface area contributed by atoms with Crippen LogP contribution >= 0.6 is 11.6 Å². The summed E-state index contributed by atoms with van der Waals surface area (Å²) in [5, 5.41) is 3.72. The number of ether oxygens (including phenoxy) is 1. The predicted molar refractivity (Wildman–Crippen MR) is 81.4 cm³/mol. The van der Waals surface area contributed by atoms with E-state index in [1.807, 2.05) is 31.3 Å². The summed E-state index contributed by atoms with van der Waals surface area (Å²) in [7, 11) is 1.83. The van der Waals surface area contributed by atoms with Crippen LogP contribution in [0.1, 0.15) is 24.7 Å². The Hall–Kier alpha value is -1.81. The molecule has 1 N–H and O–H groups in total. The van der Waals surface area contributed by atoms with Gasteiger partial charge in [-0.1, -0.05) is 36.7 Å². The van der Waals surface area contributed by atoms with Crippen molar-refractivity contribution in [2.75, 3.05) is 12.4 Å². The summed E-state index contributed by atoms with van der Waals surface area (Å²) in [6.07, 6.45) is 1.83. The maximum Gasteiger partial charge on any atom is 0.219 e. The van der Waals surface area contributed by atoms with E-state index in [9.17, 15) is 0 Å². The standard InChI is InChI=1S/C15H18ClN3O/c1-3-6-13-18-14(17-2)9-15(19-13)20-10-11-7-4-5-8-12(11)16/h4-5,7-9H,3,6,10H2,1-2H3,(H,17,18,19). The van der Waals surface area contributed by atoms with E-state index in [1.165, 1.54) is 0 Å². The molecule has 1 aromatic heterocycles. The molecule has 4 nitrogen and oxygen atoms in total. The molecule has 0 aliphatic carbocycles. The maximum absolute atomic E-state index is 6.10. The molecule has 0 amide bonds. The molecule has 2 aromatic rings. The van der Waals surface area contributed by atoms with Crippen LogP contribution in [-0.4, -0.2) is 17.0 Å². The van der Waals surface area contributed by atoms with Gasteiger partial charge in [0.2, 0.25) is 5.88 Å². The van der Waals surface area contributed by atoms with Gasteiger partial charge in [-0.25, -0.2) is 4.98 Å². The fourth-order valence-electron chi connectivity index (χ4n) is 1.78. The second kappa shape index (κ2) is 7.10. The van der Waals surface area contributed by atoms with Gasteiger partial charge in [-0.2, -0.15) is 4.98 Å². The van der Waals surface area contributed by atoms with Gasteiger partial charge in [-0.15, -0.1) is 0 Å². The van der Waals surface area contributed by atoms with Crippen molar-refractivity contribution in [3.05, 3.63) is 46.7 Å². The second-order valence-electron chi connectivity index (χ2n) is 4.39. The van der Waals surface area contributed by atoms with Crippen LogP contribution in [0.4, 0.5) is 5.82 Å². The number of nitrogens with one attached hydrogen (secondary N) is 1. The van der Waals surface area contributed by atoms with Crippen LogP contribution in [0.2, 0.25) is 5.02 Å². The van der Waals surface area contributed by atoms with Gasteiger partial charge in [0.25, 0.3) is 0 Å². The molecule has 0 spiro atoms. The first-order valence-corrected chi connectivity index (χ1v) is 7.02. The molecule has 1 aromatic carbocycles. The molecule has 1 heterocycles. The lowest BCUT2D eigenvalue weighted by Crippen LogP contribution is -2.04. The zero-order valence-corrected chi connectivity index (χ0v) is 12.4. The van der Waals surface area contributed by atoms with Gasteiger partial charge < -0.3 is 10.1 Å². The maximum atomic E-state index is 6.10. The van der Waals surface area contributed by atoms with E-state index in [0.717, 1.165) is 30.0 Å². The van der Waals surface area contributed by atoms with Crippen molar-refractivity contribution in [3.63, 3.8) is 0 Å². The largest absolute Gasteiger partial charge is 0.473 e. The minimum Gasteiger partial charge on any atom is -0.473 e. The van der Waals surface area contributed by atoms with E-state index in [2.05, 4.69) is 22.2 Å². The predicted octanol–water partition coefficient (Wildman–Crippen LogP) is 3.70. The van der Waals surface area contributed by atoms with Gasteiger partial charge in [0, 0.05) is 30.1 Å². The van der Waals surface area contributed by atoms with Crippen LogP contribution in [0.5, 0.6) is 5.88 Å². The van der Waals surface area contributed by atoms with Gasteiger partial charge in [-0.05, 0) is 12.5 Å². The summed E-state index contributed by atoms with van der Waals surface area (Å²) in [6.45, 7) is 2.49. The molecule has 20 heavy (non-hydrogen) atoms. The monoisotopic (exact) mass is 291 g/mol. The average Bonchev–Trinajstić information content (AvgIpc) is 2.46. The Labute approximate surface area is 124 Å². The normalized spacial score (nSPS) is 10.3. The van der Waals surface area contributed by atoms with Crippen LogP contribution < -0.4 is 10.1 Å². The Kier molecular flexibility index (Phi) is 5.18. The molecule has 0 bridgehead atoms. The zero-order valence-electron chi connectivity index (χ0n) is 11.7. The topological polar surface area (TPSA) is 47.0 Å². The molecule has 5 heteroatoms. The first kappa shape index (κ1) is 14.6. The van der Waals surface area contributed by atoms with E-state index in [0.29, 0.717) is 17.5 Å². The summed E-state index contributed by atoms with van der Waals surface area (Å²) in [6, 6.07) is 9.41. The molecule has 0 atom stereocenters. The lowest BCUT2D eigenvalue weighted by molar-refractivity contribution is 0.292. The first-order valence-electron chi connectivity index (χ1n) is 6.65. The van der Waals surface area contributed by atoms with Gasteiger partial charge in [0.15, 0.2) is 0 Å². The van der Waals surface area contributed by atoms with E-state index >= 15 is 0 Å². The van der Waals surface area contributed by atoms with E-state index in [4.69, 9.17) is 16.3 Å². The van der Waals surface area contributed by atoms with Crippen molar-refractivity contribution in [3.8, 4) is 5.88 Å². The molecule has 0 aliphatic heterocycles. The molecule has 0 saturated carbocycles. The van der Waals surface area contributed by atoms with Crippen molar-refractivity contribution in [1.29, 1.82) is 0 Å². The number of hydrogen-bond donors (Lipinski definition) is 1. The first-order chi connectivity index (χ1) is 9.72. The summed E-state index contributed by atoms with van der Waals surface area (Å²) < 4.78 is 5.73. The van der Waals surface area contributed by atoms with Crippen molar-refractivity contribution in [2.45, 2.75) is 26.4 Å². The number of rotatable bonds is 6. The van der Waals surface area contributed by atoms with Crippen molar-refractivity contribution >= 4 is 17.4 Å². The van der Waals surface area contributed by atoms with Crippen LogP contribution in [0.25, 0.3) is 0 Å². The molecule has 0 saturated heterocycles. The number of nitrogens with zero attached hydrogens (tertiary/aromatic N) is 2. The van der Waals surface area contributed by atoms with Crippen LogP contribution in [0.15, 0.2) is 30.3 Å². The van der Waals surface area contributed by atoms with Crippen LogP contribution in [0.3, 0.4) is 0 Å². The summed E-state index contributed by atoms with van der Waals surface area (Å²) in [4.78, 5) is 8.79. The molecule has 2 rings (SSSR count). The third-order valence-electron chi connectivity index (χ3n) is 2.81. The summed E-state index contributed by atoms with van der Waals surface area (Å²) in [5.74, 6) is 2.11. The summed E-state index contributed by atoms with van der Waals surface area (Å²) in [5.41, 5.74) is 0.941. The van der Waals surface area contributed by atoms with Gasteiger partial charge in [-0.3, -0.25) is 0 Å². The molecule has 0 unspecified atom stereocenters. The Balaban J connectivity index is 2.12. The lowest BCUT2D eigenvalue weighted by Gasteiger charge is -2.10. The van der Waals surface area contributed by atoms with Crippen molar-refractivity contribution in [2.24, 2.45) is 0 Å². The quantitative estimate of drug-likeness (QED) is 0.881. The van der Waals surface area contributed by atoms with Gasteiger partial charge >= 0.3 is 0 Å². The molecular weight excluding hydrogens is 274 g/mol. The number of aromatic nitrogens is 2. The Bertz CT molecular complexity index is 575. The fraction of sp³-hybridized carbons (Fsp3) is 0.333. The minimum absolute atomic E-state index is 0.394. The SMILES string of the molecule is CCCc1nc(NC)cc(OCc2ccccc2Cl)n1. The molecular formula is C15H18ClN3O. The average molecular weight is 292 g/mol. The van der Waals surface area contributed by atoms with E-state index < -0.39 is 0 Å². The molecule has 0 radical (unpaired) electrons. The van der Waals surface area contributed by atoms with E-state index in [1.54, 1.807) is 6.07 Å².